The summed E-state index contributed by atoms with van der Waals surface area (Å²) in [5.74, 6) is 0.411. The van der Waals surface area contributed by atoms with Gasteiger partial charge in [0.05, 0.1) is 13.2 Å². The number of hydrogen-bond acceptors (Lipinski definition) is 7. The third-order valence-electron chi connectivity index (χ3n) is 4.97. The standard InChI is InChI=1S/C24H24FN3O5/c1-4-10-30-19-8-6-15(12-20(19)31-11-5-2)21-23(28-33-27-21)26-24(29)22-14(3)17-13-16(25)7-9-18(17)32-22/h6-9,12-13H,4-5,10-11H2,1-3H3,(H,26,28,29). The van der Waals surface area contributed by atoms with Crippen LogP contribution in [0.15, 0.2) is 45.4 Å². The van der Waals surface area contributed by atoms with Gasteiger partial charge in [-0.05, 0) is 66.5 Å². The van der Waals surface area contributed by atoms with Crippen LogP contribution < -0.4 is 14.8 Å². The second-order valence-corrected chi connectivity index (χ2v) is 7.47. The minimum absolute atomic E-state index is 0.0554. The normalized spacial score (nSPS) is 11.0. The Morgan fingerprint density at radius 3 is 2.55 bits per heavy atom. The van der Waals surface area contributed by atoms with Crippen LogP contribution in [0.2, 0.25) is 0 Å². The first-order valence-corrected chi connectivity index (χ1v) is 10.7. The Hall–Kier alpha value is -3.88. The van der Waals surface area contributed by atoms with Crippen LogP contribution in [-0.2, 0) is 0 Å². The summed E-state index contributed by atoms with van der Waals surface area (Å²) in [7, 11) is 0. The molecule has 0 bridgehead atoms. The highest BCUT2D eigenvalue weighted by Crippen LogP contribution is 2.35. The molecule has 2 heterocycles. The quantitative estimate of drug-likeness (QED) is 0.344. The lowest BCUT2D eigenvalue weighted by Gasteiger charge is -2.13. The van der Waals surface area contributed by atoms with Crippen molar-refractivity contribution >= 4 is 22.7 Å². The summed E-state index contributed by atoms with van der Waals surface area (Å²) in [5.41, 5.74) is 1.89. The molecule has 0 radical (unpaired) electrons. The molecule has 9 heteroatoms. The number of fused-ring (bicyclic) bond motifs is 1. The number of aromatic nitrogens is 2. The Balaban J connectivity index is 1.62. The van der Waals surface area contributed by atoms with Gasteiger partial charge in [-0.2, -0.15) is 0 Å². The zero-order valence-electron chi connectivity index (χ0n) is 18.6. The molecule has 4 rings (SSSR count). The van der Waals surface area contributed by atoms with Gasteiger partial charge in [0.1, 0.15) is 11.4 Å². The van der Waals surface area contributed by atoms with E-state index in [1.807, 2.05) is 13.8 Å². The maximum Gasteiger partial charge on any atom is 0.292 e. The summed E-state index contributed by atoms with van der Waals surface area (Å²) in [6.07, 6.45) is 1.71. The first-order chi connectivity index (χ1) is 16.0. The Morgan fingerprint density at radius 1 is 1.03 bits per heavy atom. The predicted octanol–water partition coefficient (Wildman–Crippen LogP) is 5.76. The monoisotopic (exact) mass is 453 g/mol. The highest BCUT2D eigenvalue weighted by atomic mass is 19.1. The van der Waals surface area contributed by atoms with Crippen molar-refractivity contribution in [1.29, 1.82) is 0 Å². The van der Waals surface area contributed by atoms with Crippen LogP contribution in [0.25, 0.3) is 22.2 Å². The molecule has 4 aromatic rings. The minimum Gasteiger partial charge on any atom is -0.490 e. The van der Waals surface area contributed by atoms with Gasteiger partial charge in [-0.25, -0.2) is 9.02 Å². The highest BCUT2D eigenvalue weighted by molar-refractivity contribution is 6.07. The topological polar surface area (TPSA) is 99.6 Å². The molecule has 0 unspecified atom stereocenters. The predicted molar refractivity (Wildman–Crippen MR) is 120 cm³/mol. The fourth-order valence-electron chi connectivity index (χ4n) is 3.35. The van der Waals surface area contributed by atoms with E-state index in [2.05, 4.69) is 15.6 Å². The number of furan rings is 1. The number of halogens is 1. The van der Waals surface area contributed by atoms with Crippen LogP contribution in [0.3, 0.4) is 0 Å². The zero-order chi connectivity index (χ0) is 23.4. The summed E-state index contributed by atoms with van der Waals surface area (Å²) in [6.45, 7) is 6.82. The number of aryl methyl sites for hydroxylation is 1. The van der Waals surface area contributed by atoms with Crippen LogP contribution >= 0.6 is 0 Å². The van der Waals surface area contributed by atoms with Crippen molar-refractivity contribution in [3.63, 3.8) is 0 Å². The molecule has 33 heavy (non-hydrogen) atoms. The zero-order valence-corrected chi connectivity index (χ0v) is 18.6. The molecule has 0 atom stereocenters. The average molecular weight is 453 g/mol. The first-order valence-electron chi connectivity index (χ1n) is 10.7. The van der Waals surface area contributed by atoms with E-state index in [4.69, 9.17) is 18.5 Å². The van der Waals surface area contributed by atoms with E-state index in [9.17, 15) is 9.18 Å². The van der Waals surface area contributed by atoms with Gasteiger partial charge in [0, 0.05) is 16.5 Å². The van der Waals surface area contributed by atoms with Gasteiger partial charge >= 0.3 is 0 Å². The first kappa shape index (κ1) is 22.3. The minimum atomic E-state index is -0.550. The van der Waals surface area contributed by atoms with Crippen molar-refractivity contribution in [3.05, 3.63) is 53.5 Å². The molecule has 1 N–H and O–H groups in total. The van der Waals surface area contributed by atoms with Gasteiger partial charge in [0.15, 0.2) is 23.0 Å². The number of carbonyl (C=O) groups excluding carboxylic acids is 1. The fraction of sp³-hybridized carbons (Fsp3) is 0.292. The Morgan fingerprint density at radius 2 is 1.79 bits per heavy atom. The number of hydrogen-bond donors (Lipinski definition) is 1. The van der Waals surface area contributed by atoms with E-state index >= 15 is 0 Å². The number of anilines is 1. The number of ether oxygens (including phenoxy) is 2. The largest absolute Gasteiger partial charge is 0.490 e. The number of nitrogens with zero attached hydrogens (tertiary/aromatic N) is 2. The third-order valence-corrected chi connectivity index (χ3v) is 4.97. The lowest BCUT2D eigenvalue weighted by atomic mass is 10.1. The van der Waals surface area contributed by atoms with Gasteiger partial charge in [-0.1, -0.05) is 13.8 Å². The maximum atomic E-state index is 13.6. The van der Waals surface area contributed by atoms with Crippen molar-refractivity contribution in [3.8, 4) is 22.8 Å². The van der Waals surface area contributed by atoms with Crippen molar-refractivity contribution in [2.45, 2.75) is 33.6 Å². The van der Waals surface area contributed by atoms with Gasteiger partial charge in [-0.3, -0.25) is 10.1 Å². The molecule has 0 fully saturated rings. The van der Waals surface area contributed by atoms with Crippen molar-refractivity contribution in [2.24, 2.45) is 0 Å². The molecular formula is C24H24FN3O5. The smallest absolute Gasteiger partial charge is 0.292 e. The summed E-state index contributed by atoms with van der Waals surface area (Å²) in [5, 5.41) is 11.0. The SMILES string of the molecule is CCCOc1ccc(-c2nonc2NC(=O)c2oc3ccc(F)cc3c2C)cc1OCCC. The van der Waals surface area contributed by atoms with Gasteiger partial charge in [-0.15, -0.1) is 0 Å². The van der Waals surface area contributed by atoms with Crippen LogP contribution in [0, 0.1) is 12.7 Å². The highest BCUT2D eigenvalue weighted by Gasteiger charge is 2.22. The van der Waals surface area contributed by atoms with Crippen LogP contribution in [0.1, 0.15) is 42.8 Å². The molecule has 0 saturated heterocycles. The van der Waals surface area contributed by atoms with Gasteiger partial charge < -0.3 is 13.9 Å². The van der Waals surface area contributed by atoms with Gasteiger partial charge in [0.2, 0.25) is 5.82 Å². The molecule has 172 valence electrons. The van der Waals surface area contributed by atoms with Crippen LogP contribution in [-0.4, -0.2) is 29.4 Å². The second-order valence-electron chi connectivity index (χ2n) is 7.47. The molecule has 8 nitrogen and oxygen atoms in total. The second kappa shape index (κ2) is 9.72. The van der Waals surface area contributed by atoms with E-state index in [1.165, 1.54) is 18.2 Å². The van der Waals surface area contributed by atoms with E-state index in [0.717, 1.165) is 12.8 Å². The van der Waals surface area contributed by atoms with E-state index < -0.39 is 11.7 Å². The molecule has 0 aliphatic heterocycles. The van der Waals surface area contributed by atoms with Crippen LogP contribution in [0.4, 0.5) is 10.2 Å². The third kappa shape index (κ3) is 4.67. The Bertz CT molecular complexity index is 1280. The molecule has 2 aromatic carbocycles. The lowest BCUT2D eigenvalue weighted by molar-refractivity contribution is 0.0997. The molecule has 1 amide bonds. The van der Waals surface area contributed by atoms with Crippen molar-refractivity contribution < 1.29 is 27.7 Å². The maximum absolute atomic E-state index is 13.6. The molecule has 2 aromatic heterocycles. The number of benzene rings is 2. The summed E-state index contributed by atoms with van der Waals surface area (Å²) >= 11 is 0. The molecular weight excluding hydrogens is 429 g/mol. The van der Waals surface area contributed by atoms with E-state index in [-0.39, 0.29) is 11.6 Å². The number of amides is 1. The lowest BCUT2D eigenvalue weighted by Crippen LogP contribution is -2.13. The molecule has 0 spiro atoms. The number of rotatable bonds is 9. The summed E-state index contributed by atoms with van der Waals surface area (Å²) in [6, 6.07) is 9.43. The number of carbonyl (C=O) groups is 1. The summed E-state index contributed by atoms with van der Waals surface area (Å²) < 4.78 is 35.7. The fourth-order valence-corrected chi connectivity index (χ4v) is 3.35. The van der Waals surface area contributed by atoms with Crippen molar-refractivity contribution in [2.75, 3.05) is 18.5 Å². The molecule has 0 aliphatic carbocycles. The number of nitrogens with one attached hydrogen (secondary N) is 1. The van der Waals surface area contributed by atoms with E-state index in [0.29, 0.717) is 52.5 Å². The molecule has 0 aliphatic rings. The van der Waals surface area contributed by atoms with E-state index in [1.54, 1.807) is 25.1 Å². The molecule has 0 saturated carbocycles. The summed E-state index contributed by atoms with van der Waals surface area (Å²) in [4.78, 5) is 12.9. The van der Waals surface area contributed by atoms with Crippen LogP contribution in [0.5, 0.6) is 11.5 Å². The van der Waals surface area contributed by atoms with Crippen molar-refractivity contribution in [1.82, 2.24) is 10.3 Å². The van der Waals surface area contributed by atoms with Gasteiger partial charge in [0.25, 0.3) is 5.91 Å². The Labute approximate surface area is 189 Å². The average Bonchev–Trinajstić information content (AvgIpc) is 3.40. The Kier molecular flexibility index (Phi) is 6.58.